The van der Waals surface area contributed by atoms with Crippen LogP contribution in [0.4, 0.5) is 4.79 Å². The Morgan fingerprint density at radius 2 is 1.95 bits per heavy atom. The first-order valence-corrected chi connectivity index (χ1v) is 15.2. The number of allylic oxidation sites excluding steroid dienone is 2. The zero-order chi connectivity index (χ0) is 26.5. The lowest BCUT2D eigenvalue weighted by Crippen LogP contribution is -2.54. The molecule has 1 aliphatic heterocycles. The molecule has 6 rings (SSSR count). The zero-order valence-corrected chi connectivity index (χ0v) is 23.6. The molecule has 0 bridgehead atoms. The fourth-order valence-corrected chi connectivity index (χ4v) is 9.51. The van der Waals surface area contributed by atoms with Crippen molar-refractivity contribution in [3.05, 3.63) is 46.0 Å². The summed E-state index contributed by atoms with van der Waals surface area (Å²) in [5, 5.41) is 0. The molecule has 3 saturated carbocycles. The minimum atomic E-state index is -0.267. The number of rotatable bonds is 5. The van der Waals surface area contributed by atoms with Gasteiger partial charge >= 0.3 is 11.7 Å². The number of nitrogens with zero attached hydrogens (tertiary/aromatic N) is 2. The van der Waals surface area contributed by atoms with Crippen LogP contribution in [0.2, 0.25) is 0 Å². The summed E-state index contributed by atoms with van der Waals surface area (Å²) in [6.07, 6.45) is 16.1. The fourth-order valence-electron chi connectivity index (χ4n) is 9.51. The summed E-state index contributed by atoms with van der Waals surface area (Å²) in [4.78, 5) is 28.7. The molecule has 6 nitrogen and oxygen atoms in total. The number of hydrogen-bond donors (Lipinski definition) is 0. The van der Waals surface area contributed by atoms with Crippen LogP contribution >= 0.6 is 0 Å². The molecule has 7 atom stereocenters. The standard InChI is InChI=1S/C32H46N2O4/c1-31-14-12-24(33(3)30(36)37-19-18-34-16-4-5-17-34)20-23(31)7-8-25-27-10-9-26(22-6-11-29(35)38-21-22)32(27,2)15-13-28(25)31/h6,10-11,21,23-26,28H,4-5,7-9,12-20H2,1-3H3/t23-,24+,25+,26-,28+,31+,32-/m1/s1. The first kappa shape index (κ1) is 26.2. The summed E-state index contributed by atoms with van der Waals surface area (Å²) in [7, 11) is 1.96. The van der Waals surface area contributed by atoms with E-state index in [1.54, 1.807) is 17.9 Å². The van der Waals surface area contributed by atoms with E-state index in [0.717, 1.165) is 44.8 Å². The Balaban J connectivity index is 1.09. The van der Waals surface area contributed by atoms with Crippen molar-refractivity contribution in [2.75, 3.05) is 33.3 Å². The Hall–Kier alpha value is -2.08. The van der Waals surface area contributed by atoms with Crippen LogP contribution in [0.1, 0.15) is 89.5 Å². The van der Waals surface area contributed by atoms with Gasteiger partial charge in [0.2, 0.25) is 0 Å². The Labute approximate surface area is 227 Å². The van der Waals surface area contributed by atoms with Gasteiger partial charge < -0.3 is 14.1 Å². The molecule has 4 aliphatic carbocycles. The van der Waals surface area contributed by atoms with Gasteiger partial charge in [-0.1, -0.05) is 25.5 Å². The van der Waals surface area contributed by atoms with Crippen molar-refractivity contribution in [3.8, 4) is 0 Å². The van der Waals surface area contributed by atoms with Gasteiger partial charge in [0.15, 0.2) is 0 Å². The smallest absolute Gasteiger partial charge is 0.409 e. The maximum Gasteiger partial charge on any atom is 0.409 e. The molecule has 4 fully saturated rings. The Kier molecular flexibility index (Phi) is 6.99. The molecule has 1 saturated heterocycles. The highest BCUT2D eigenvalue weighted by molar-refractivity contribution is 5.67. The van der Waals surface area contributed by atoms with Crippen LogP contribution in [-0.4, -0.2) is 55.2 Å². The number of fused-ring (bicyclic) bond motifs is 5. The summed E-state index contributed by atoms with van der Waals surface area (Å²) < 4.78 is 11.0. The maximum absolute atomic E-state index is 12.9. The summed E-state index contributed by atoms with van der Waals surface area (Å²) in [5.74, 6) is 2.48. The monoisotopic (exact) mass is 522 g/mol. The summed E-state index contributed by atoms with van der Waals surface area (Å²) in [5.41, 5.74) is 3.11. The topological polar surface area (TPSA) is 63.0 Å². The second-order valence-electron chi connectivity index (χ2n) is 13.5. The van der Waals surface area contributed by atoms with Gasteiger partial charge in [-0.2, -0.15) is 0 Å². The number of amides is 1. The van der Waals surface area contributed by atoms with E-state index in [4.69, 9.17) is 9.15 Å². The Bertz CT molecular complexity index is 1100. The van der Waals surface area contributed by atoms with Gasteiger partial charge in [0.1, 0.15) is 6.61 Å². The molecule has 208 valence electrons. The van der Waals surface area contributed by atoms with Crippen LogP contribution in [0.15, 0.2) is 39.3 Å². The molecule has 1 amide bonds. The molecule has 0 aromatic carbocycles. The number of ether oxygens (including phenoxy) is 1. The predicted octanol–water partition coefficient (Wildman–Crippen LogP) is 6.22. The lowest BCUT2D eigenvalue weighted by atomic mass is 9.45. The first-order chi connectivity index (χ1) is 18.3. The largest absolute Gasteiger partial charge is 0.448 e. The predicted molar refractivity (Wildman–Crippen MR) is 148 cm³/mol. The van der Waals surface area contributed by atoms with E-state index in [1.807, 2.05) is 18.0 Å². The third-order valence-electron chi connectivity index (χ3n) is 11.8. The molecule has 5 aliphatic rings. The van der Waals surface area contributed by atoms with E-state index in [9.17, 15) is 9.59 Å². The Morgan fingerprint density at radius 1 is 1.13 bits per heavy atom. The van der Waals surface area contributed by atoms with Crippen LogP contribution in [0.5, 0.6) is 0 Å². The van der Waals surface area contributed by atoms with E-state index < -0.39 is 0 Å². The maximum atomic E-state index is 12.9. The Morgan fingerprint density at radius 3 is 2.71 bits per heavy atom. The molecule has 1 aromatic heterocycles. The van der Waals surface area contributed by atoms with Gasteiger partial charge in [-0.15, -0.1) is 0 Å². The zero-order valence-electron chi connectivity index (χ0n) is 23.6. The normalized spacial score (nSPS) is 38.6. The molecular formula is C32H46N2O4. The third-order valence-corrected chi connectivity index (χ3v) is 11.8. The molecule has 0 radical (unpaired) electrons. The van der Waals surface area contributed by atoms with Crippen molar-refractivity contribution >= 4 is 6.09 Å². The first-order valence-electron chi connectivity index (χ1n) is 15.2. The van der Waals surface area contributed by atoms with Crippen LogP contribution in [0.3, 0.4) is 0 Å². The molecule has 6 heteroatoms. The molecule has 0 N–H and O–H groups in total. The molecule has 0 spiro atoms. The highest BCUT2D eigenvalue weighted by Crippen LogP contribution is 2.67. The molecule has 38 heavy (non-hydrogen) atoms. The van der Waals surface area contributed by atoms with Crippen molar-refractivity contribution in [1.29, 1.82) is 0 Å². The van der Waals surface area contributed by atoms with Gasteiger partial charge in [-0.05, 0) is 123 Å². The average Bonchev–Trinajstić information content (AvgIpc) is 3.56. The minimum absolute atomic E-state index is 0.140. The summed E-state index contributed by atoms with van der Waals surface area (Å²) in [6.45, 7) is 8.68. The third kappa shape index (κ3) is 4.45. The molecule has 1 aromatic rings. The van der Waals surface area contributed by atoms with Crippen molar-refractivity contribution in [2.24, 2.45) is 28.6 Å². The van der Waals surface area contributed by atoms with Crippen molar-refractivity contribution in [1.82, 2.24) is 9.80 Å². The summed E-state index contributed by atoms with van der Waals surface area (Å²) >= 11 is 0. The molecular weight excluding hydrogens is 476 g/mol. The van der Waals surface area contributed by atoms with E-state index in [-0.39, 0.29) is 17.1 Å². The number of hydrogen-bond acceptors (Lipinski definition) is 5. The lowest BCUT2D eigenvalue weighted by molar-refractivity contribution is -0.0694. The molecule has 0 unspecified atom stereocenters. The van der Waals surface area contributed by atoms with E-state index in [0.29, 0.717) is 35.8 Å². The second kappa shape index (κ2) is 10.1. The van der Waals surface area contributed by atoms with Gasteiger partial charge in [0, 0.05) is 25.7 Å². The number of likely N-dealkylation sites (tertiary alicyclic amines) is 1. The van der Waals surface area contributed by atoms with Crippen LogP contribution < -0.4 is 5.63 Å². The van der Waals surface area contributed by atoms with Crippen molar-refractivity contribution in [3.63, 3.8) is 0 Å². The second-order valence-corrected chi connectivity index (χ2v) is 13.5. The van der Waals surface area contributed by atoms with Gasteiger partial charge in [0.05, 0.1) is 6.26 Å². The van der Waals surface area contributed by atoms with Gasteiger partial charge in [0.25, 0.3) is 0 Å². The highest BCUT2D eigenvalue weighted by atomic mass is 16.6. The quantitative estimate of drug-likeness (QED) is 0.430. The SMILES string of the molecule is CN(C(=O)OCCN1CCCC1)[C@H]1CC[C@@]2(C)[C@H](CC[C@H]3C4=CC[C@H](c5ccc(=O)oc5)[C@@]4(C)CC[C@@H]32)C1. The average molecular weight is 523 g/mol. The van der Waals surface area contributed by atoms with Crippen LogP contribution in [0.25, 0.3) is 0 Å². The van der Waals surface area contributed by atoms with E-state index in [2.05, 4.69) is 24.8 Å². The van der Waals surface area contributed by atoms with Crippen molar-refractivity contribution < 1.29 is 13.9 Å². The molecule has 2 heterocycles. The van der Waals surface area contributed by atoms with Crippen molar-refractivity contribution in [2.45, 2.75) is 90.0 Å². The van der Waals surface area contributed by atoms with Crippen LogP contribution in [-0.2, 0) is 4.74 Å². The fraction of sp³-hybridized carbons (Fsp3) is 0.750. The van der Waals surface area contributed by atoms with Gasteiger partial charge in [-0.25, -0.2) is 9.59 Å². The highest BCUT2D eigenvalue weighted by Gasteiger charge is 2.58. The summed E-state index contributed by atoms with van der Waals surface area (Å²) in [6, 6.07) is 3.85. The minimum Gasteiger partial charge on any atom is -0.448 e. The van der Waals surface area contributed by atoms with E-state index >= 15 is 0 Å². The number of carbonyl (C=O) groups excluding carboxylic acids is 1. The number of carbonyl (C=O) groups is 1. The lowest BCUT2D eigenvalue weighted by Gasteiger charge is -2.60. The van der Waals surface area contributed by atoms with Gasteiger partial charge in [-0.3, -0.25) is 4.90 Å². The van der Waals surface area contributed by atoms with Crippen LogP contribution in [0, 0.1) is 28.6 Å². The van der Waals surface area contributed by atoms with E-state index in [1.165, 1.54) is 50.5 Å².